The van der Waals surface area contributed by atoms with Crippen molar-refractivity contribution in [3.63, 3.8) is 0 Å². The summed E-state index contributed by atoms with van der Waals surface area (Å²) in [5, 5.41) is 17.4. The number of likely N-dealkylation sites (tertiary alicyclic amines) is 1. The van der Waals surface area contributed by atoms with Crippen LogP contribution >= 0.6 is 0 Å². The van der Waals surface area contributed by atoms with Gasteiger partial charge in [0.1, 0.15) is 5.69 Å². The van der Waals surface area contributed by atoms with Crippen molar-refractivity contribution in [3.05, 3.63) is 35.4 Å². The lowest BCUT2D eigenvalue weighted by Crippen LogP contribution is -2.39. The van der Waals surface area contributed by atoms with Gasteiger partial charge in [0, 0.05) is 26.3 Å². The molecule has 0 aromatic carbocycles. The summed E-state index contributed by atoms with van der Waals surface area (Å²) in [7, 11) is 1.79. The molecular weight excluding hydrogens is 310 g/mol. The number of hydrogen-bond donors (Lipinski definition) is 1. The van der Waals surface area contributed by atoms with Crippen molar-refractivity contribution in [2.75, 3.05) is 13.1 Å². The van der Waals surface area contributed by atoms with Crippen LogP contribution in [0.5, 0.6) is 0 Å². The second-order valence-electron chi connectivity index (χ2n) is 6.04. The molecule has 3 rings (SSSR count). The molecule has 0 aliphatic carbocycles. The first kappa shape index (κ1) is 16.2. The number of amides is 1. The van der Waals surface area contributed by atoms with E-state index in [1.165, 1.54) is 6.20 Å². The number of carboxylic acids is 1. The number of aryl methyl sites for hydroxylation is 2. The van der Waals surface area contributed by atoms with E-state index in [0.717, 1.165) is 25.0 Å². The normalized spacial score (nSPS) is 15.7. The molecule has 1 saturated heterocycles. The van der Waals surface area contributed by atoms with Crippen molar-refractivity contribution < 1.29 is 14.7 Å². The van der Waals surface area contributed by atoms with E-state index in [9.17, 15) is 9.59 Å². The smallest absolute Gasteiger partial charge is 0.338 e. The van der Waals surface area contributed by atoms with Crippen LogP contribution in [-0.2, 0) is 13.5 Å². The Hall–Kier alpha value is -2.64. The molecule has 1 amide bonds. The van der Waals surface area contributed by atoms with Crippen molar-refractivity contribution in [3.8, 4) is 0 Å². The zero-order chi connectivity index (χ0) is 17.3. The Balaban J connectivity index is 1.64. The van der Waals surface area contributed by atoms with E-state index in [1.807, 2.05) is 17.9 Å². The van der Waals surface area contributed by atoms with E-state index in [2.05, 4.69) is 10.2 Å². The number of nitrogens with zero attached hydrogens (tertiary/aromatic N) is 5. The van der Waals surface area contributed by atoms with Crippen LogP contribution in [0, 0.1) is 0 Å². The SMILES string of the molecule is CCc1cc(C(=O)N2CCC(n3cc(C(=O)O)cn3)CC2)n(C)n1. The van der Waals surface area contributed by atoms with Gasteiger partial charge in [-0.2, -0.15) is 10.2 Å². The predicted molar refractivity (Wildman–Crippen MR) is 85.9 cm³/mol. The number of hydrogen-bond acceptors (Lipinski definition) is 4. The average molecular weight is 331 g/mol. The van der Waals surface area contributed by atoms with Crippen LogP contribution < -0.4 is 0 Å². The number of carbonyl (C=O) groups is 2. The Bertz CT molecular complexity index is 756. The molecule has 1 aliphatic rings. The average Bonchev–Trinajstić information content (AvgIpc) is 3.21. The standard InChI is InChI=1S/C16H21N5O3/c1-3-12-8-14(19(2)18-12)15(22)20-6-4-13(5-7-20)21-10-11(9-17-21)16(23)24/h8-10,13H,3-7H2,1-2H3,(H,23,24). The summed E-state index contributed by atoms with van der Waals surface area (Å²) < 4.78 is 3.34. The molecular formula is C16H21N5O3. The molecule has 1 fully saturated rings. The second kappa shape index (κ2) is 6.46. The number of rotatable bonds is 4. The van der Waals surface area contributed by atoms with Gasteiger partial charge in [-0.05, 0) is 25.3 Å². The molecule has 128 valence electrons. The van der Waals surface area contributed by atoms with Gasteiger partial charge in [0.2, 0.25) is 0 Å². The molecule has 0 atom stereocenters. The highest BCUT2D eigenvalue weighted by Crippen LogP contribution is 2.23. The second-order valence-corrected chi connectivity index (χ2v) is 6.04. The molecule has 24 heavy (non-hydrogen) atoms. The lowest BCUT2D eigenvalue weighted by Gasteiger charge is -2.32. The molecule has 0 radical (unpaired) electrons. The van der Waals surface area contributed by atoms with Gasteiger partial charge in [0.05, 0.1) is 23.5 Å². The van der Waals surface area contributed by atoms with E-state index in [-0.39, 0.29) is 17.5 Å². The zero-order valence-electron chi connectivity index (χ0n) is 13.8. The molecule has 1 aliphatic heterocycles. The molecule has 0 spiro atoms. The third kappa shape index (κ3) is 3.04. The van der Waals surface area contributed by atoms with E-state index in [1.54, 1.807) is 22.6 Å². The summed E-state index contributed by atoms with van der Waals surface area (Å²) in [4.78, 5) is 25.4. The Labute approximate surface area is 139 Å². The molecule has 0 bridgehead atoms. The van der Waals surface area contributed by atoms with E-state index in [0.29, 0.717) is 18.8 Å². The minimum Gasteiger partial charge on any atom is -0.478 e. The van der Waals surface area contributed by atoms with Gasteiger partial charge in [-0.25, -0.2) is 4.79 Å². The quantitative estimate of drug-likeness (QED) is 0.913. The summed E-state index contributed by atoms with van der Waals surface area (Å²) in [6, 6.07) is 1.97. The number of piperidine rings is 1. The highest BCUT2D eigenvalue weighted by molar-refractivity contribution is 5.92. The van der Waals surface area contributed by atoms with Crippen LogP contribution in [0.15, 0.2) is 18.5 Å². The lowest BCUT2D eigenvalue weighted by molar-refractivity contribution is 0.0678. The van der Waals surface area contributed by atoms with E-state index < -0.39 is 5.97 Å². The minimum absolute atomic E-state index is 0.00478. The lowest BCUT2D eigenvalue weighted by atomic mass is 10.0. The van der Waals surface area contributed by atoms with Gasteiger partial charge < -0.3 is 10.0 Å². The van der Waals surface area contributed by atoms with Crippen molar-refractivity contribution in [2.24, 2.45) is 7.05 Å². The maximum Gasteiger partial charge on any atom is 0.338 e. The highest BCUT2D eigenvalue weighted by Gasteiger charge is 2.27. The Morgan fingerprint density at radius 2 is 2.04 bits per heavy atom. The van der Waals surface area contributed by atoms with Gasteiger partial charge >= 0.3 is 5.97 Å². The van der Waals surface area contributed by atoms with Gasteiger partial charge in [-0.3, -0.25) is 14.2 Å². The van der Waals surface area contributed by atoms with E-state index in [4.69, 9.17) is 5.11 Å². The predicted octanol–water partition coefficient (Wildman–Crippen LogP) is 1.35. The molecule has 0 saturated carbocycles. The van der Waals surface area contributed by atoms with Crippen molar-refractivity contribution in [1.29, 1.82) is 0 Å². The topological polar surface area (TPSA) is 93.3 Å². The van der Waals surface area contributed by atoms with E-state index >= 15 is 0 Å². The summed E-state index contributed by atoms with van der Waals surface area (Å²) in [5.74, 6) is -0.980. The molecule has 8 heteroatoms. The number of carbonyl (C=O) groups excluding carboxylic acids is 1. The van der Waals surface area contributed by atoms with Gasteiger partial charge in [0.25, 0.3) is 5.91 Å². The van der Waals surface area contributed by atoms with Crippen LogP contribution in [0.4, 0.5) is 0 Å². The molecule has 3 heterocycles. The number of carboxylic acid groups (broad SMARTS) is 1. The van der Waals surface area contributed by atoms with Crippen LogP contribution in [0.2, 0.25) is 0 Å². The first-order valence-electron chi connectivity index (χ1n) is 8.09. The Morgan fingerprint density at radius 3 is 2.58 bits per heavy atom. The molecule has 8 nitrogen and oxygen atoms in total. The molecule has 2 aromatic heterocycles. The fourth-order valence-electron chi connectivity index (χ4n) is 3.04. The largest absolute Gasteiger partial charge is 0.478 e. The van der Waals surface area contributed by atoms with Crippen LogP contribution in [0.3, 0.4) is 0 Å². The Morgan fingerprint density at radius 1 is 1.33 bits per heavy atom. The molecule has 1 N–H and O–H groups in total. The first-order chi connectivity index (χ1) is 11.5. The Kier molecular flexibility index (Phi) is 4.37. The molecule has 0 unspecified atom stereocenters. The fourth-order valence-corrected chi connectivity index (χ4v) is 3.04. The monoisotopic (exact) mass is 331 g/mol. The third-order valence-electron chi connectivity index (χ3n) is 4.49. The number of aromatic carboxylic acids is 1. The zero-order valence-corrected chi connectivity index (χ0v) is 13.8. The van der Waals surface area contributed by atoms with Crippen LogP contribution in [-0.4, -0.2) is 54.5 Å². The van der Waals surface area contributed by atoms with Crippen LogP contribution in [0.1, 0.15) is 52.3 Å². The van der Waals surface area contributed by atoms with Gasteiger partial charge in [-0.15, -0.1) is 0 Å². The summed E-state index contributed by atoms with van der Waals surface area (Å²) in [6.45, 7) is 3.26. The summed E-state index contributed by atoms with van der Waals surface area (Å²) >= 11 is 0. The van der Waals surface area contributed by atoms with Crippen molar-refractivity contribution in [1.82, 2.24) is 24.5 Å². The van der Waals surface area contributed by atoms with Gasteiger partial charge in [-0.1, -0.05) is 6.92 Å². The summed E-state index contributed by atoms with van der Waals surface area (Å²) in [5.41, 5.74) is 1.71. The van der Waals surface area contributed by atoms with Crippen LogP contribution in [0.25, 0.3) is 0 Å². The highest BCUT2D eigenvalue weighted by atomic mass is 16.4. The number of aromatic nitrogens is 4. The third-order valence-corrected chi connectivity index (χ3v) is 4.49. The summed E-state index contributed by atoms with van der Waals surface area (Å²) in [6.07, 6.45) is 5.23. The minimum atomic E-state index is -0.975. The van der Waals surface area contributed by atoms with Crippen molar-refractivity contribution >= 4 is 11.9 Å². The maximum atomic E-state index is 12.7. The first-order valence-corrected chi connectivity index (χ1v) is 8.09. The van der Waals surface area contributed by atoms with Crippen molar-refractivity contribution in [2.45, 2.75) is 32.2 Å². The van der Waals surface area contributed by atoms with Gasteiger partial charge in [0.15, 0.2) is 0 Å². The maximum absolute atomic E-state index is 12.7. The molecule has 2 aromatic rings. The fraction of sp³-hybridized carbons (Fsp3) is 0.500.